The normalized spacial score (nSPS) is 13.5. The van der Waals surface area contributed by atoms with Crippen molar-refractivity contribution in [2.75, 3.05) is 47.5 Å². The van der Waals surface area contributed by atoms with Gasteiger partial charge >= 0.3 is 19.8 Å². The Morgan fingerprint density at radius 1 is 0.492 bits per heavy atom. The summed E-state index contributed by atoms with van der Waals surface area (Å²) < 4.78 is 34.5. The maximum absolute atomic E-state index is 12.8. The standard InChI is InChI=1S/C51H100NO8P/c1-6-8-10-12-14-16-18-20-22-24-26-28-30-32-34-36-38-40-42-44-51(54)60-49(48-59-61(55,56)58-46-45-52(3,4)5)47-57-50(53)43-41-39-37-35-33-31-29-27-25-23-21-19-17-15-13-11-9-7-2/h20,22,49H,6-19,21,23-48H2,1-5H3/p+1/b22-20-. The van der Waals surface area contributed by atoms with Crippen LogP contribution in [0.15, 0.2) is 12.2 Å². The Morgan fingerprint density at radius 2 is 0.836 bits per heavy atom. The van der Waals surface area contributed by atoms with E-state index < -0.39 is 26.5 Å². The molecule has 61 heavy (non-hydrogen) atoms. The number of quaternary nitrogens is 1. The fourth-order valence-corrected chi connectivity index (χ4v) is 8.22. The maximum Gasteiger partial charge on any atom is 0.472 e. The third-order valence-electron chi connectivity index (χ3n) is 11.5. The van der Waals surface area contributed by atoms with Crippen molar-refractivity contribution >= 4 is 19.8 Å². The molecule has 0 amide bonds. The minimum absolute atomic E-state index is 0.0348. The first-order valence-corrected chi connectivity index (χ1v) is 27.4. The predicted molar refractivity (Wildman–Crippen MR) is 257 cm³/mol. The summed E-state index contributed by atoms with van der Waals surface area (Å²) in [6.07, 6.45) is 48.3. The van der Waals surface area contributed by atoms with Gasteiger partial charge in [0, 0.05) is 12.8 Å². The molecule has 0 bridgehead atoms. The number of phosphoric acid groups is 1. The molecule has 0 spiro atoms. The lowest BCUT2D eigenvalue weighted by molar-refractivity contribution is -0.870. The van der Waals surface area contributed by atoms with Gasteiger partial charge in [-0.15, -0.1) is 0 Å². The molecule has 0 aliphatic carbocycles. The molecule has 0 fully saturated rings. The van der Waals surface area contributed by atoms with Gasteiger partial charge in [-0.25, -0.2) is 4.57 Å². The van der Waals surface area contributed by atoms with Gasteiger partial charge in [0.15, 0.2) is 6.10 Å². The van der Waals surface area contributed by atoms with E-state index in [9.17, 15) is 19.0 Å². The van der Waals surface area contributed by atoms with E-state index in [0.717, 1.165) is 32.1 Å². The van der Waals surface area contributed by atoms with E-state index in [1.807, 2.05) is 21.1 Å². The molecule has 9 nitrogen and oxygen atoms in total. The molecule has 0 aromatic heterocycles. The first-order chi connectivity index (χ1) is 29.5. The first kappa shape index (κ1) is 59.8. The smallest absolute Gasteiger partial charge is 0.462 e. The predicted octanol–water partition coefficient (Wildman–Crippen LogP) is 15.3. The Kier molecular flexibility index (Phi) is 43.1. The first-order valence-electron chi connectivity index (χ1n) is 25.9. The van der Waals surface area contributed by atoms with E-state index in [1.165, 1.54) is 186 Å². The van der Waals surface area contributed by atoms with Crippen molar-refractivity contribution in [1.29, 1.82) is 0 Å². The zero-order valence-corrected chi connectivity index (χ0v) is 41.8. The van der Waals surface area contributed by atoms with Gasteiger partial charge in [-0.05, 0) is 38.5 Å². The SMILES string of the molecule is CCCCCCCC/C=C\CCCCCCCCCCCC(=O)OC(COC(=O)CCCCCCCCCCCCCCCCCCCC)COP(=O)(O)OCC[N+](C)(C)C. The Balaban J connectivity index is 4.22. The van der Waals surface area contributed by atoms with Crippen molar-refractivity contribution in [1.82, 2.24) is 0 Å². The van der Waals surface area contributed by atoms with Crippen LogP contribution in [-0.4, -0.2) is 74.9 Å². The lowest BCUT2D eigenvalue weighted by atomic mass is 10.0. The van der Waals surface area contributed by atoms with E-state index in [0.29, 0.717) is 23.9 Å². The number of carbonyl (C=O) groups is 2. The summed E-state index contributed by atoms with van der Waals surface area (Å²) >= 11 is 0. The topological polar surface area (TPSA) is 108 Å². The van der Waals surface area contributed by atoms with Crippen molar-refractivity contribution in [3.05, 3.63) is 12.2 Å². The molecule has 0 radical (unpaired) electrons. The number of ether oxygens (including phenoxy) is 2. The maximum atomic E-state index is 12.8. The summed E-state index contributed by atoms with van der Waals surface area (Å²) in [5.74, 6) is -0.785. The number of esters is 2. The summed E-state index contributed by atoms with van der Waals surface area (Å²) in [4.78, 5) is 35.5. The minimum atomic E-state index is -4.37. The highest BCUT2D eigenvalue weighted by molar-refractivity contribution is 7.47. The molecule has 2 unspecified atom stereocenters. The molecule has 0 rings (SSSR count). The van der Waals surface area contributed by atoms with Gasteiger partial charge in [0.2, 0.25) is 0 Å². The van der Waals surface area contributed by atoms with E-state index in [-0.39, 0.29) is 25.6 Å². The molecular weight excluding hydrogens is 786 g/mol. The van der Waals surface area contributed by atoms with Gasteiger partial charge in [-0.2, -0.15) is 0 Å². The number of nitrogens with zero attached hydrogens (tertiary/aromatic N) is 1. The van der Waals surface area contributed by atoms with E-state index >= 15 is 0 Å². The molecule has 1 N–H and O–H groups in total. The van der Waals surface area contributed by atoms with Crippen LogP contribution in [0.2, 0.25) is 0 Å². The third kappa shape index (κ3) is 48.1. The van der Waals surface area contributed by atoms with Gasteiger partial charge in [0.25, 0.3) is 0 Å². The lowest BCUT2D eigenvalue weighted by Crippen LogP contribution is -2.37. The number of likely N-dealkylation sites (N-methyl/N-ethyl adjacent to an activating group) is 1. The van der Waals surface area contributed by atoms with Crippen molar-refractivity contribution < 1.29 is 42.1 Å². The van der Waals surface area contributed by atoms with Gasteiger partial charge in [-0.1, -0.05) is 212 Å². The van der Waals surface area contributed by atoms with Crippen LogP contribution in [0.1, 0.15) is 251 Å². The minimum Gasteiger partial charge on any atom is -0.462 e. The Bertz CT molecular complexity index is 1050. The molecule has 0 saturated heterocycles. The van der Waals surface area contributed by atoms with Crippen LogP contribution in [0.3, 0.4) is 0 Å². The fourth-order valence-electron chi connectivity index (χ4n) is 7.48. The highest BCUT2D eigenvalue weighted by Crippen LogP contribution is 2.43. The number of carbonyl (C=O) groups excluding carboxylic acids is 2. The van der Waals surface area contributed by atoms with Gasteiger partial charge in [0.1, 0.15) is 19.8 Å². The Morgan fingerprint density at radius 3 is 1.21 bits per heavy atom. The van der Waals surface area contributed by atoms with E-state index in [2.05, 4.69) is 26.0 Å². The largest absolute Gasteiger partial charge is 0.472 e. The molecule has 0 aliphatic rings. The monoisotopic (exact) mass is 887 g/mol. The van der Waals surface area contributed by atoms with Crippen LogP contribution >= 0.6 is 7.82 Å². The number of phosphoric ester groups is 1. The van der Waals surface area contributed by atoms with Crippen molar-refractivity contribution in [2.45, 2.75) is 258 Å². The molecule has 362 valence electrons. The van der Waals surface area contributed by atoms with Crippen LogP contribution in [0.25, 0.3) is 0 Å². The highest BCUT2D eigenvalue weighted by Gasteiger charge is 2.27. The highest BCUT2D eigenvalue weighted by atomic mass is 31.2. The average molecular weight is 887 g/mol. The fraction of sp³-hybridized carbons (Fsp3) is 0.922. The van der Waals surface area contributed by atoms with Crippen LogP contribution in [0.4, 0.5) is 0 Å². The third-order valence-corrected chi connectivity index (χ3v) is 12.5. The number of rotatable bonds is 48. The number of allylic oxidation sites excluding steroid dienone is 2. The number of unbranched alkanes of at least 4 members (excludes halogenated alkanes) is 32. The van der Waals surface area contributed by atoms with E-state index in [4.69, 9.17) is 18.5 Å². The zero-order chi connectivity index (χ0) is 45.0. The van der Waals surface area contributed by atoms with E-state index in [1.54, 1.807) is 0 Å². The molecule has 0 saturated carbocycles. The van der Waals surface area contributed by atoms with Crippen LogP contribution < -0.4 is 0 Å². The molecule has 0 aliphatic heterocycles. The number of hydrogen-bond donors (Lipinski definition) is 1. The number of hydrogen-bond acceptors (Lipinski definition) is 7. The van der Waals surface area contributed by atoms with Crippen LogP contribution in [-0.2, 0) is 32.7 Å². The second-order valence-electron chi connectivity index (χ2n) is 18.9. The Labute approximate surface area is 377 Å². The molecule has 0 heterocycles. The van der Waals surface area contributed by atoms with Crippen molar-refractivity contribution in [2.24, 2.45) is 0 Å². The summed E-state index contributed by atoms with van der Waals surface area (Å²) in [6.45, 7) is 4.47. The Hall–Kier alpha value is -1.25. The molecule has 2 atom stereocenters. The second kappa shape index (κ2) is 44.0. The lowest BCUT2D eigenvalue weighted by Gasteiger charge is -2.24. The van der Waals surface area contributed by atoms with Gasteiger partial charge in [0.05, 0.1) is 27.7 Å². The summed E-state index contributed by atoms with van der Waals surface area (Å²) in [5.41, 5.74) is 0. The van der Waals surface area contributed by atoms with Crippen LogP contribution in [0.5, 0.6) is 0 Å². The summed E-state index contributed by atoms with van der Waals surface area (Å²) in [6, 6.07) is 0. The molecule has 10 heteroatoms. The zero-order valence-electron chi connectivity index (χ0n) is 40.9. The van der Waals surface area contributed by atoms with Crippen molar-refractivity contribution in [3.63, 3.8) is 0 Å². The summed E-state index contributed by atoms with van der Waals surface area (Å²) in [5, 5.41) is 0. The summed E-state index contributed by atoms with van der Waals surface area (Å²) in [7, 11) is 1.49. The van der Waals surface area contributed by atoms with Gasteiger partial charge < -0.3 is 18.9 Å². The van der Waals surface area contributed by atoms with Crippen molar-refractivity contribution in [3.8, 4) is 0 Å². The molecule has 0 aromatic rings. The molecular formula is C51H101NO8P+. The quantitative estimate of drug-likeness (QED) is 0.0212. The van der Waals surface area contributed by atoms with Crippen LogP contribution in [0, 0.1) is 0 Å². The second-order valence-corrected chi connectivity index (χ2v) is 20.4. The van der Waals surface area contributed by atoms with Gasteiger partial charge in [-0.3, -0.25) is 18.6 Å². The average Bonchev–Trinajstić information content (AvgIpc) is 3.21. The molecule has 0 aromatic carbocycles.